The Morgan fingerprint density at radius 1 is 1.58 bits per heavy atom. The number of nitrogens with two attached hydrogens (primary N) is 1. The summed E-state index contributed by atoms with van der Waals surface area (Å²) in [5.74, 6) is 7.06. The van der Waals surface area contributed by atoms with Crippen molar-refractivity contribution in [3.8, 4) is 0 Å². The number of hydrogen-bond donors (Lipinski definition) is 3. The van der Waals surface area contributed by atoms with Gasteiger partial charge in [0, 0.05) is 18.0 Å². The summed E-state index contributed by atoms with van der Waals surface area (Å²) in [7, 11) is -3.62. The van der Waals surface area contributed by atoms with Crippen molar-refractivity contribution < 1.29 is 8.42 Å². The highest BCUT2D eigenvalue weighted by molar-refractivity contribution is 7.99. The fourth-order valence-electron chi connectivity index (χ4n) is 1.34. The highest BCUT2D eigenvalue weighted by Crippen LogP contribution is 2.21. The molecule has 0 aliphatic carbocycles. The number of halogens is 1. The van der Waals surface area contributed by atoms with Crippen LogP contribution in [0.1, 0.15) is 13.8 Å². The summed E-state index contributed by atoms with van der Waals surface area (Å²) in [4.78, 5) is 3.86. The van der Waals surface area contributed by atoms with E-state index in [-0.39, 0.29) is 21.8 Å². The maximum Gasteiger partial charge on any atom is 0.242 e. The third-order valence-electron chi connectivity index (χ3n) is 2.19. The molecule has 19 heavy (non-hydrogen) atoms. The molecule has 1 heterocycles. The molecule has 9 heteroatoms. The normalized spacial score (nSPS) is 13.3. The molecule has 1 unspecified atom stereocenters. The second-order valence-electron chi connectivity index (χ2n) is 3.83. The number of nitrogen functional groups attached to an aromatic ring is 1. The quantitative estimate of drug-likeness (QED) is 0.518. The van der Waals surface area contributed by atoms with Gasteiger partial charge in [0.1, 0.15) is 4.90 Å². The van der Waals surface area contributed by atoms with E-state index in [0.717, 1.165) is 5.75 Å². The van der Waals surface area contributed by atoms with Gasteiger partial charge >= 0.3 is 0 Å². The SMILES string of the molecule is CCSCC(C)NS(=O)(=O)c1cnc(NN)c(Cl)c1. The van der Waals surface area contributed by atoms with Crippen molar-refractivity contribution in [1.82, 2.24) is 9.71 Å². The molecule has 1 atom stereocenters. The second-order valence-corrected chi connectivity index (χ2v) is 7.27. The molecule has 0 aliphatic rings. The molecule has 4 N–H and O–H groups in total. The lowest BCUT2D eigenvalue weighted by Crippen LogP contribution is -2.34. The summed E-state index contributed by atoms with van der Waals surface area (Å²) in [6.45, 7) is 3.83. The van der Waals surface area contributed by atoms with Crippen molar-refractivity contribution in [2.45, 2.75) is 24.8 Å². The predicted octanol–water partition coefficient (Wildman–Crippen LogP) is 1.44. The molecule has 1 rings (SSSR count). The smallest absolute Gasteiger partial charge is 0.242 e. The molecular formula is C10H17ClN4O2S2. The fraction of sp³-hybridized carbons (Fsp3) is 0.500. The zero-order valence-electron chi connectivity index (χ0n) is 10.7. The largest absolute Gasteiger partial charge is 0.307 e. The maximum atomic E-state index is 12.1. The Balaban J connectivity index is 2.85. The highest BCUT2D eigenvalue weighted by Gasteiger charge is 2.19. The fourth-order valence-corrected chi connectivity index (χ4v) is 3.61. The van der Waals surface area contributed by atoms with Crippen molar-refractivity contribution >= 4 is 39.2 Å². The van der Waals surface area contributed by atoms with Gasteiger partial charge in [0.25, 0.3) is 0 Å². The molecule has 0 fully saturated rings. The van der Waals surface area contributed by atoms with Gasteiger partial charge in [0.15, 0.2) is 5.82 Å². The summed E-state index contributed by atoms with van der Waals surface area (Å²) in [6, 6.07) is 1.15. The van der Waals surface area contributed by atoms with Gasteiger partial charge in [-0.2, -0.15) is 11.8 Å². The van der Waals surface area contributed by atoms with Gasteiger partial charge < -0.3 is 5.43 Å². The lowest BCUT2D eigenvalue weighted by molar-refractivity contribution is 0.570. The number of hydrazine groups is 1. The highest BCUT2D eigenvalue weighted by atomic mass is 35.5. The van der Waals surface area contributed by atoms with Gasteiger partial charge in [-0.15, -0.1) is 0 Å². The molecule has 0 radical (unpaired) electrons. The van der Waals surface area contributed by atoms with Crippen molar-refractivity contribution in [2.24, 2.45) is 5.84 Å². The molecule has 0 aromatic carbocycles. The molecule has 108 valence electrons. The van der Waals surface area contributed by atoms with E-state index < -0.39 is 10.0 Å². The lowest BCUT2D eigenvalue weighted by Gasteiger charge is -2.14. The number of rotatable bonds is 7. The Bertz CT molecular complexity index is 524. The topological polar surface area (TPSA) is 97.1 Å². The van der Waals surface area contributed by atoms with Crippen LogP contribution < -0.4 is 16.0 Å². The summed E-state index contributed by atoms with van der Waals surface area (Å²) >= 11 is 7.52. The van der Waals surface area contributed by atoms with Crippen LogP contribution in [0, 0.1) is 0 Å². The number of nitrogens with one attached hydrogen (secondary N) is 2. The van der Waals surface area contributed by atoms with Crippen LogP contribution in [0.25, 0.3) is 0 Å². The number of aromatic nitrogens is 1. The van der Waals surface area contributed by atoms with Gasteiger partial charge in [0.2, 0.25) is 10.0 Å². The minimum absolute atomic E-state index is 0.0184. The molecular weight excluding hydrogens is 308 g/mol. The standard InChI is InChI=1S/C10H17ClN4O2S2/c1-3-18-6-7(2)15-19(16,17)8-4-9(11)10(14-12)13-5-8/h4-5,7,15H,3,6,12H2,1-2H3,(H,13,14). The van der Waals surface area contributed by atoms with Crippen molar-refractivity contribution in [1.29, 1.82) is 0 Å². The first-order valence-corrected chi connectivity index (χ1v) is 8.64. The van der Waals surface area contributed by atoms with Crippen molar-refractivity contribution in [3.05, 3.63) is 17.3 Å². The van der Waals surface area contributed by atoms with Gasteiger partial charge in [0.05, 0.1) is 5.02 Å². The van der Waals surface area contributed by atoms with Crippen LogP contribution >= 0.6 is 23.4 Å². The first-order valence-electron chi connectivity index (χ1n) is 5.63. The molecule has 0 saturated carbocycles. The first-order chi connectivity index (χ1) is 8.90. The Morgan fingerprint density at radius 3 is 2.79 bits per heavy atom. The van der Waals surface area contributed by atoms with Crippen molar-refractivity contribution in [3.63, 3.8) is 0 Å². The van der Waals surface area contributed by atoms with E-state index in [9.17, 15) is 8.42 Å². The van der Waals surface area contributed by atoms with Crippen LogP contribution in [0.5, 0.6) is 0 Å². The van der Waals surface area contributed by atoms with Crippen LogP contribution in [-0.2, 0) is 10.0 Å². The Hall–Kier alpha value is -0.540. The molecule has 0 spiro atoms. The zero-order chi connectivity index (χ0) is 14.5. The molecule has 0 bridgehead atoms. The Labute approximate surface area is 122 Å². The maximum absolute atomic E-state index is 12.1. The number of pyridine rings is 1. The summed E-state index contributed by atoms with van der Waals surface area (Å²) in [5, 5.41) is 0.154. The van der Waals surface area contributed by atoms with Gasteiger partial charge in [-0.1, -0.05) is 18.5 Å². The van der Waals surface area contributed by atoms with E-state index in [0.29, 0.717) is 5.75 Å². The van der Waals surface area contributed by atoms with Crippen LogP contribution in [0.15, 0.2) is 17.2 Å². The molecule has 6 nitrogen and oxygen atoms in total. The zero-order valence-corrected chi connectivity index (χ0v) is 13.1. The lowest BCUT2D eigenvalue weighted by atomic mass is 10.4. The second kappa shape index (κ2) is 7.30. The van der Waals surface area contributed by atoms with Gasteiger partial charge in [-0.05, 0) is 18.7 Å². The van der Waals surface area contributed by atoms with E-state index in [1.54, 1.807) is 11.8 Å². The number of hydrogen-bond acceptors (Lipinski definition) is 6. The van der Waals surface area contributed by atoms with E-state index >= 15 is 0 Å². The molecule has 0 amide bonds. The van der Waals surface area contributed by atoms with E-state index in [1.165, 1.54) is 12.3 Å². The number of nitrogens with zero attached hydrogens (tertiary/aromatic N) is 1. The van der Waals surface area contributed by atoms with Gasteiger partial charge in [-0.25, -0.2) is 24.0 Å². The molecule has 0 aliphatic heterocycles. The van der Waals surface area contributed by atoms with E-state index in [4.69, 9.17) is 17.4 Å². The van der Waals surface area contributed by atoms with Gasteiger partial charge in [-0.3, -0.25) is 0 Å². The van der Waals surface area contributed by atoms with Crippen LogP contribution in [0.4, 0.5) is 5.82 Å². The van der Waals surface area contributed by atoms with Crippen molar-refractivity contribution in [2.75, 3.05) is 16.9 Å². The van der Waals surface area contributed by atoms with Crippen LogP contribution in [-0.4, -0.2) is 30.9 Å². The Morgan fingerprint density at radius 2 is 2.26 bits per heavy atom. The third kappa shape index (κ3) is 4.81. The minimum atomic E-state index is -3.62. The number of anilines is 1. The monoisotopic (exact) mass is 324 g/mol. The molecule has 0 saturated heterocycles. The summed E-state index contributed by atoms with van der Waals surface area (Å²) < 4.78 is 26.7. The Kier molecular flexibility index (Phi) is 6.34. The minimum Gasteiger partial charge on any atom is -0.307 e. The third-order valence-corrected chi connectivity index (χ3v) is 5.18. The van der Waals surface area contributed by atoms with Crippen LogP contribution in [0.2, 0.25) is 5.02 Å². The number of sulfonamides is 1. The first kappa shape index (κ1) is 16.5. The average Bonchev–Trinajstić information content (AvgIpc) is 2.35. The number of thioether (sulfide) groups is 1. The van der Waals surface area contributed by atoms with E-state index in [2.05, 4.69) is 15.1 Å². The van der Waals surface area contributed by atoms with Crippen LogP contribution in [0.3, 0.4) is 0 Å². The molecule has 1 aromatic rings. The summed E-state index contributed by atoms with van der Waals surface area (Å²) in [5.41, 5.74) is 2.28. The average molecular weight is 325 g/mol. The predicted molar refractivity (Wildman–Crippen MR) is 79.8 cm³/mol. The molecule has 1 aromatic heterocycles. The summed E-state index contributed by atoms with van der Waals surface area (Å²) in [6.07, 6.45) is 1.21. The van der Waals surface area contributed by atoms with E-state index in [1.807, 2.05) is 13.8 Å².